The molecule has 1 atom stereocenters. The van der Waals surface area contributed by atoms with Gasteiger partial charge in [-0.15, -0.1) is 0 Å². The molecule has 1 aromatic heterocycles. The number of benzene rings is 2. The lowest BCUT2D eigenvalue weighted by atomic mass is 9.92. The zero-order valence-corrected chi connectivity index (χ0v) is 18.4. The molecule has 2 aromatic carbocycles. The number of carbonyl (C=O) groups is 1. The molecule has 31 heavy (non-hydrogen) atoms. The van der Waals surface area contributed by atoms with Crippen molar-refractivity contribution in [2.75, 3.05) is 13.1 Å². The lowest BCUT2D eigenvalue weighted by Crippen LogP contribution is -2.42. The Bertz CT molecular complexity index is 1140. The SMILES string of the molecule is O=C(C[C@H]1c2ccccc2CCN1S(=O)(=O)c1ccc(Cl)cc1)NCCc1ccco1. The third-order valence-corrected chi connectivity index (χ3v) is 7.61. The van der Waals surface area contributed by atoms with Gasteiger partial charge in [-0.05, 0) is 53.9 Å². The van der Waals surface area contributed by atoms with E-state index in [2.05, 4.69) is 5.32 Å². The molecule has 2 heterocycles. The molecule has 0 saturated heterocycles. The summed E-state index contributed by atoms with van der Waals surface area (Å²) in [6.07, 6.45) is 2.81. The highest BCUT2D eigenvalue weighted by Gasteiger charge is 2.37. The van der Waals surface area contributed by atoms with Gasteiger partial charge in [-0.2, -0.15) is 4.31 Å². The third-order valence-electron chi connectivity index (χ3n) is 5.44. The fraction of sp³-hybridized carbons (Fsp3) is 0.261. The first kappa shape index (κ1) is 21.6. The highest BCUT2D eigenvalue weighted by Crippen LogP contribution is 2.36. The minimum absolute atomic E-state index is 0.0436. The summed E-state index contributed by atoms with van der Waals surface area (Å²) in [6.45, 7) is 0.733. The van der Waals surface area contributed by atoms with Gasteiger partial charge >= 0.3 is 0 Å². The number of rotatable bonds is 7. The van der Waals surface area contributed by atoms with E-state index in [1.54, 1.807) is 24.5 Å². The molecule has 1 aliphatic rings. The predicted molar refractivity (Wildman–Crippen MR) is 118 cm³/mol. The van der Waals surface area contributed by atoms with Crippen LogP contribution in [0.5, 0.6) is 0 Å². The van der Waals surface area contributed by atoms with Gasteiger partial charge in [0.2, 0.25) is 15.9 Å². The topological polar surface area (TPSA) is 79.6 Å². The quantitative estimate of drug-likeness (QED) is 0.581. The van der Waals surface area contributed by atoms with Gasteiger partial charge in [-0.3, -0.25) is 4.79 Å². The van der Waals surface area contributed by atoms with Crippen molar-refractivity contribution in [2.24, 2.45) is 0 Å². The molecule has 0 spiro atoms. The van der Waals surface area contributed by atoms with Crippen LogP contribution in [0, 0.1) is 0 Å². The van der Waals surface area contributed by atoms with Crippen LogP contribution in [0.3, 0.4) is 0 Å². The average Bonchev–Trinajstić information content (AvgIpc) is 3.27. The highest BCUT2D eigenvalue weighted by atomic mass is 35.5. The molecule has 0 bridgehead atoms. The summed E-state index contributed by atoms with van der Waals surface area (Å²) >= 11 is 5.93. The van der Waals surface area contributed by atoms with Crippen molar-refractivity contribution >= 4 is 27.5 Å². The minimum atomic E-state index is -3.79. The first-order valence-corrected chi connectivity index (χ1v) is 11.9. The molecule has 1 N–H and O–H groups in total. The van der Waals surface area contributed by atoms with E-state index in [0.29, 0.717) is 31.0 Å². The van der Waals surface area contributed by atoms with Crippen molar-refractivity contribution in [3.63, 3.8) is 0 Å². The maximum absolute atomic E-state index is 13.4. The second-order valence-electron chi connectivity index (χ2n) is 7.42. The summed E-state index contributed by atoms with van der Waals surface area (Å²) in [5.41, 5.74) is 1.94. The number of nitrogens with zero attached hydrogens (tertiary/aromatic N) is 1. The number of halogens is 1. The molecule has 0 radical (unpaired) electrons. The maximum Gasteiger partial charge on any atom is 0.243 e. The molecular formula is C23H23ClN2O4S. The number of carbonyl (C=O) groups excluding carboxylic acids is 1. The van der Waals surface area contributed by atoms with Crippen molar-refractivity contribution in [1.29, 1.82) is 0 Å². The standard InChI is InChI=1S/C23H23ClN2O4S/c24-18-7-9-20(10-8-18)31(28,29)26-14-12-17-4-1-2-6-21(17)22(26)16-23(27)25-13-11-19-5-3-15-30-19/h1-10,15,22H,11-14,16H2,(H,25,27)/t22-/m0/s1. The Kier molecular flexibility index (Phi) is 6.46. The molecule has 0 fully saturated rings. The smallest absolute Gasteiger partial charge is 0.243 e. The molecular weight excluding hydrogens is 436 g/mol. The first-order chi connectivity index (χ1) is 14.9. The molecule has 162 valence electrons. The van der Waals surface area contributed by atoms with Crippen LogP contribution in [-0.4, -0.2) is 31.7 Å². The van der Waals surface area contributed by atoms with Gasteiger partial charge in [0.1, 0.15) is 5.76 Å². The van der Waals surface area contributed by atoms with Crippen LogP contribution in [0.1, 0.15) is 29.3 Å². The van der Waals surface area contributed by atoms with E-state index < -0.39 is 16.1 Å². The van der Waals surface area contributed by atoms with Crippen LogP contribution in [0.4, 0.5) is 0 Å². The van der Waals surface area contributed by atoms with Crippen molar-refractivity contribution in [1.82, 2.24) is 9.62 Å². The number of hydrogen-bond donors (Lipinski definition) is 1. The number of furan rings is 1. The lowest BCUT2D eigenvalue weighted by molar-refractivity contribution is -0.122. The van der Waals surface area contributed by atoms with Crippen LogP contribution < -0.4 is 5.32 Å². The van der Waals surface area contributed by atoms with Crippen molar-refractivity contribution < 1.29 is 17.6 Å². The zero-order valence-electron chi connectivity index (χ0n) is 16.8. The van der Waals surface area contributed by atoms with Gasteiger partial charge < -0.3 is 9.73 Å². The molecule has 0 saturated carbocycles. The van der Waals surface area contributed by atoms with Crippen molar-refractivity contribution in [3.05, 3.63) is 88.8 Å². The maximum atomic E-state index is 13.4. The monoisotopic (exact) mass is 458 g/mol. The molecule has 1 amide bonds. The average molecular weight is 459 g/mol. The Morgan fingerprint density at radius 3 is 2.61 bits per heavy atom. The zero-order chi connectivity index (χ0) is 21.8. The summed E-state index contributed by atoms with van der Waals surface area (Å²) < 4.78 is 33.5. The van der Waals surface area contributed by atoms with Gasteiger partial charge in [-0.1, -0.05) is 35.9 Å². The summed E-state index contributed by atoms with van der Waals surface area (Å²) in [6, 6.07) is 16.9. The Labute approximate surface area is 186 Å². The second-order valence-corrected chi connectivity index (χ2v) is 9.74. The van der Waals surface area contributed by atoms with E-state index in [4.69, 9.17) is 16.0 Å². The molecule has 3 aromatic rings. The van der Waals surface area contributed by atoms with Crippen molar-refractivity contribution in [2.45, 2.75) is 30.2 Å². The summed E-state index contributed by atoms with van der Waals surface area (Å²) in [5, 5.41) is 3.35. The molecule has 0 aliphatic carbocycles. The number of amides is 1. The molecule has 8 heteroatoms. The number of nitrogens with one attached hydrogen (secondary N) is 1. The highest BCUT2D eigenvalue weighted by molar-refractivity contribution is 7.89. The van der Waals surface area contributed by atoms with E-state index in [9.17, 15) is 13.2 Å². The normalized spacial score (nSPS) is 16.6. The van der Waals surface area contributed by atoms with Crippen LogP contribution >= 0.6 is 11.6 Å². The Hall–Kier alpha value is -2.61. The summed E-state index contributed by atoms with van der Waals surface area (Å²) in [5.74, 6) is 0.583. The molecule has 1 aliphatic heterocycles. The molecule has 4 rings (SSSR count). The Balaban J connectivity index is 1.56. The number of sulfonamides is 1. The summed E-state index contributed by atoms with van der Waals surface area (Å²) in [7, 11) is -3.79. The lowest BCUT2D eigenvalue weighted by Gasteiger charge is -2.36. The van der Waals surface area contributed by atoms with Crippen molar-refractivity contribution in [3.8, 4) is 0 Å². The Morgan fingerprint density at radius 2 is 1.87 bits per heavy atom. The van der Waals surface area contributed by atoms with Gasteiger partial charge in [0.25, 0.3) is 0 Å². The summed E-state index contributed by atoms with van der Waals surface area (Å²) in [4.78, 5) is 12.9. The van der Waals surface area contributed by atoms with Crippen LogP contribution in [0.2, 0.25) is 5.02 Å². The van der Waals surface area contributed by atoms with Crippen LogP contribution in [0.25, 0.3) is 0 Å². The van der Waals surface area contributed by atoms with Crippen LogP contribution in [-0.2, 0) is 27.7 Å². The van der Waals surface area contributed by atoms with E-state index >= 15 is 0 Å². The van der Waals surface area contributed by atoms with E-state index in [0.717, 1.165) is 16.9 Å². The fourth-order valence-electron chi connectivity index (χ4n) is 3.90. The van der Waals surface area contributed by atoms with Gasteiger partial charge in [-0.25, -0.2) is 8.42 Å². The second kappa shape index (κ2) is 9.26. The van der Waals surface area contributed by atoms with Gasteiger partial charge in [0, 0.05) is 31.0 Å². The van der Waals surface area contributed by atoms with E-state index in [1.807, 2.05) is 30.3 Å². The number of hydrogen-bond acceptors (Lipinski definition) is 4. The largest absolute Gasteiger partial charge is 0.469 e. The van der Waals surface area contributed by atoms with Gasteiger partial charge in [0.15, 0.2) is 0 Å². The third kappa shape index (κ3) is 4.84. The fourth-order valence-corrected chi connectivity index (χ4v) is 5.63. The van der Waals surface area contributed by atoms with E-state index in [1.165, 1.54) is 16.4 Å². The minimum Gasteiger partial charge on any atom is -0.469 e. The predicted octanol–water partition coefficient (Wildman–Crippen LogP) is 3.97. The molecule has 6 nitrogen and oxygen atoms in total. The number of fused-ring (bicyclic) bond motifs is 1. The molecule has 0 unspecified atom stereocenters. The van der Waals surface area contributed by atoms with Crippen LogP contribution in [0.15, 0.2) is 76.2 Å². The Morgan fingerprint density at radius 1 is 1.10 bits per heavy atom. The first-order valence-electron chi connectivity index (χ1n) is 10.1. The van der Waals surface area contributed by atoms with E-state index in [-0.39, 0.29) is 17.2 Å². The van der Waals surface area contributed by atoms with Gasteiger partial charge in [0.05, 0.1) is 17.2 Å².